The van der Waals surface area contributed by atoms with Crippen molar-refractivity contribution in [3.05, 3.63) is 78.1 Å². The topological polar surface area (TPSA) is 74.4 Å². The normalized spacial score (nSPS) is 14.3. The maximum Gasteiger partial charge on any atom is 0.264 e. The number of hydrogen-bond acceptors (Lipinski definition) is 5. The molecule has 0 N–H and O–H groups in total. The first-order valence-electron chi connectivity index (χ1n) is 10.1. The van der Waals surface area contributed by atoms with Crippen LogP contribution in [0.5, 0.6) is 5.75 Å². The second-order valence-corrected chi connectivity index (χ2v) is 7.20. The molecule has 1 aliphatic heterocycles. The van der Waals surface area contributed by atoms with Gasteiger partial charge in [0.25, 0.3) is 5.91 Å². The van der Waals surface area contributed by atoms with E-state index in [1.807, 2.05) is 60.8 Å². The van der Waals surface area contributed by atoms with Gasteiger partial charge in [-0.15, -0.1) is 0 Å². The molecular formula is C24H23N5O2. The molecule has 0 radical (unpaired) electrons. The number of carbonyl (C=O) groups is 1. The number of para-hydroxylation sites is 1. The fourth-order valence-corrected chi connectivity index (χ4v) is 3.57. The molecule has 31 heavy (non-hydrogen) atoms. The number of amides is 1. The van der Waals surface area contributed by atoms with E-state index >= 15 is 0 Å². The van der Waals surface area contributed by atoms with Gasteiger partial charge in [-0.05, 0) is 42.5 Å². The largest absolute Gasteiger partial charge is 0.497 e. The number of ether oxygens (including phenoxy) is 1. The van der Waals surface area contributed by atoms with Crippen LogP contribution in [-0.4, -0.2) is 53.9 Å². The quantitative estimate of drug-likeness (QED) is 0.475. The fourth-order valence-electron chi connectivity index (χ4n) is 3.57. The SMILES string of the molecule is COc1ccc(N2CCN(C(=O)/C(C#N)=C/c3cnn(-c4ccccc4)c3)CC2)cc1. The van der Waals surface area contributed by atoms with E-state index in [0.29, 0.717) is 31.7 Å². The van der Waals surface area contributed by atoms with E-state index in [1.54, 1.807) is 29.0 Å². The Bertz CT molecular complexity index is 1100. The number of nitriles is 1. The number of nitrogens with zero attached hydrogens (tertiary/aromatic N) is 5. The molecule has 3 aromatic rings. The first kappa shape index (κ1) is 20.2. The second kappa shape index (κ2) is 9.18. The van der Waals surface area contributed by atoms with Crippen LogP contribution in [0.3, 0.4) is 0 Å². The molecular weight excluding hydrogens is 390 g/mol. The minimum absolute atomic E-state index is 0.116. The number of carbonyl (C=O) groups excluding carboxylic acids is 1. The molecule has 2 heterocycles. The molecule has 0 atom stereocenters. The lowest BCUT2D eigenvalue weighted by atomic mass is 10.1. The number of anilines is 1. The van der Waals surface area contributed by atoms with Crippen molar-refractivity contribution in [2.45, 2.75) is 0 Å². The number of methoxy groups -OCH3 is 1. The smallest absolute Gasteiger partial charge is 0.264 e. The standard InChI is InChI=1S/C24H23N5O2/c1-31-23-9-7-21(8-10-23)27-11-13-28(14-12-27)24(30)20(16-25)15-19-17-26-29(18-19)22-5-3-2-4-6-22/h2-10,15,17-18H,11-14H2,1H3/b20-15+. The predicted molar refractivity (Wildman–Crippen MR) is 119 cm³/mol. The number of benzene rings is 2. The van der Waals surface area contributed by atoms with E-state index in [-0.39, 0.29) is 11.5 Å². The van der Waals surface area contributed by atoms with Crippen molar-refractivity contribution in [1.29, 1.82) is 5.26 Å². The van der Waals surface area contributed by atoms with Gasteiger partial charge in [-0.2, -0.15) is 10.4 Å². The highest BCUT2D eigenvalue weighted by molar-refractivity contribution is 6.01. The summed E-state index contributed by atoms with van der Waals surface area (Å²) in [6.07, 6.45) is 5.06. The van der Waals surface area contributed by atoms with E-state index in [2.05, 4.69) is 16.1 Å². The highest BCUT2D eigenvalue weighted by Crippen LogP contribution is 2.21. The summed E-state index contributed by atoms with van der Waals surface area (Å²) >= 11 is 0. The van der Waals surface area contributed by atoms with E-state index in [4.69, 9.17) is 4.74 Å². The second-order valence-electron chi connectivity index (χ2n) is 7.20. The van der Waals surface area contributed by atoms with Crippen LogP contribution in [-0.2, 0) is 4.79 Å². The molecule has 4 rings (SSSR count). The molecule has 1 aromatic heterocycles. The number of piperazine rings is 1. The van der Waals surface area contributed by atoms with E-state index in [9.17, 15) is 10.1 Å². The minimum Gasteiger partial charge on any atom is -0.497 e. The van der Waals surface area contributed by atoms with Crippen molar-refractivity contribution >= 4 is 17.7 Å². The molecule has 0 unspecified atom stereocenters. The minimum atomic E-state index is -0.246. The van der Waals surface area contributed by atoms with Crippen LogP contribution in [0.2, 0.25) is 0 Å². The Morgan fingerprint density at radius 2 is 1.74 bits per heavy atom. The summed E-state index contributed by atoms with van der Waals surface area (Å²) in [5.41, 5.74) is 2.84. The molecule has 0 spiro atoms. The van der Waals surface area contributed by atoms with Crippen molar-refractivity contribution < 1.29 is 9.53 Å². The van der Waals surface area contributed by atoms with Crippen LogP contribution in [0, 0.1) is 11.3 Å². The van der Waals surface area contributed by atoms with Gasteiger partial charge < -0.3 is 14.5 Å². The summed E-state index contributed by atoms with van der Waals surface area (Å²) in [6.45, 7) is 2.55. The maximum atomic E-state index is 12.9. The summed E-state index contributed by atoms with van der Waals surface area (Å²) < 4.78 is 6.93. The van der Waals surface area contributed by atoms with Crippen molar-refractivity contribution in [2.24, 2.45) is 0 Å². The van der Waals surface area contributed by atoms with Crippen molar-refractivity contribution in [3.63, 3.8) is 0 Å². The first-order valence-corrected chi connectivity index (χ1v) is 10.1. The Morgan fingerprint density at radius 3 is 2.39 bits per heavy atom. The molecule has 1 amide bonds. The Kier molecular flexibility index (Phi) is 5.99. The van der Waals surface area contributed by atoms with Crippen molar-refractivity contribution in [1.82, 2.24) is 14.7 Å². The van der Waals surface area contributed by atoms with Gasteiger partial charge in [0.05, 0.1) is 19.0 Å². The van der Waals surface area contributed by atoms with E-state index in [0.717, 1.165) is 17.1 Å². The van der Waals surface area contributed by atoms with Crippen molar-refractivity contribution in [3.8, 4) is 17.5 Å². The zero-order valence-electron chi connectivity index (χ0n) is 17.3. The zero-order valence-corrected chi connectivity index (χ0v) is 17.3. The van der Waals surface area contributed by atoms with Gasteiger partial charge in [0.2, 0.25) is 0 Å². The molecule has 0 saturated carbocycles. The predicted octanol–water partition coefficient (Wildman–Crippen LogP) is 3.14. The Balaban J connectivity index is 1.41. The lowest BCUT2D eigenvalue weighted by molar-refractivity contribution is -0.126. The van der Waals surface area contributed by atoms with Gasteiger partial charge in [-0.3, -0.25) is 4.79 Å². The first-order chi connectivity index (χ1) is 15.2. The summed E-state index contributed by atoms with van der Waals surface area (Å²) in [4.78, 5) is 16.9. The summed E-state index contributed by atoms with van der Waals surface area (Å²) in [5, 5.41) is 13.9. The number of hydrogen-bond donors (Lipinski definition) is 0. The molecule has 0 aliphatic carbocycles. The van der Waals surface area contributed by atoms with Gasteiger partial charge in [-0.25, -0.2) is 4.68 Å². The molecule has 156 valence electrons. The highest BCUT2D eigenvalue weighted by Gasteiger charge is 2.24. The monoisotopic (exact) mass is 413 g/mol. The molecule has 1 fully saturated rings. The van der Waals surface area contributed by atoms with Crippen LogP contribution >= 0.6 is 0 Å². The third-order valence-electron chi connectivity index (χ3n) is 5.29. The van der Waals surface area contributed by atoms with Gasteiger partial charge in [0, 0.05) is 43.6 Å². The molecule has 1 aliphatic rings. The Morgan fingerprint density at radius 1 is 1.03 bits per heavy atom. The Labute approximate surface area is 181 Å². The summed E-state index contributed by atoms with van der Waals surface area (Å²) in [7, 11) is 1.65. The summed E-state index contributed by atoms with van der Waals surface area (Å²) in [6, 6.07) is 19.6. The van der Waals surface area contributed by atoms with E-state index in [1.165, 1.54) is 0 Å². The summed E-state index contributed by atoms with van der Waals surface area (Å²) in [5.74, 6) is 0.571. The number of aromatic nitrogens is 2. The van der Waals surface area contributed by atoms with Gasteiger partial charge in [0.1, 0.15) is 17.4 Å². The Hall–Kier alpha value is -4.05. The van der Waals surface area contributed by atoms with Crippen LogP contribution in [0.1, 0.15) is 5.56 Å². The van der Waals surface area contributed by atoms with Crippen molar-refractivity contribution in [2.75, 3.05) is 38.2 Å². The molecule has 0 bridgehead atoms. The third kappa shape index (κ3) is 4.59. The van der Waals surface area contributed by atoms with Crippen LogP contribution in [0.15, 0.2) is 72.6 Å². The molecule has 7 heteroatoms. The lowest BCUT2D eigenvalue weighted by Crippen LogP contribution is -2.49. The van der Waals surface area contributed by atoms with Gasteiger partial charge in [-0.1, -0.05) is 18.2 Å². The molecule has 1 saturated heterocycles. The van der Waals surface area contributed by atoms with Crippen LogP contribution in [0.25, 0.3) is 11.8 Å². The molecule has 2 aromatic carbocycles. The third-order valence-corrected chi connectivity index (χ3v) is 5.29. The highest BCUT2D eigenvalue weighted by atomic mass is 16.5. The maximum absolute atomic E-state index is 12.9. The van der Waals surface area contributed by atoms with Gasteiger partial charge >= 0.3 is 0 Å². The van der Waals surface area contributed by atoms with Crippen LogP contribution < -0.4 is 9.64 Å². The van der Waals surface area contributed by atoms with Crippen LogP contribution in [0.4, 0.5) is 5.69 Å². The fraction of sp³-hybridized carbons (Fsp3) is 0.208. The lowest BCUT2D eigenvalue weighted by Gasteiger charge is -2.36. The molecule has 7 nitrogen and oxygen atoms in total. The average molecular weight is 413 g/mol. The number of rotatable bonds is 5. The zero-order chi connectivity index (χ0) is 21.6. The van der Waals surface area contributed by atoms with Gasteiger partial charge in [0.15, 0.2) is 0 Å². The van der Waals surface area contributed by atoms with E-state index < -0.39 is 0 Å². The average Bonchev–Trinajstić information content (AvgIpc) is 3.31.